The molecule has 2 heteroatoms. The normalized spacial score (nSPS) is 30.7. The van der Waals surface area contributed by atoms with Crippen LogP contribution in [-0.2, 0) is 5.60 Å². The summed E-state index contributed by atoms with van der Waals surface area (Å²) in [6.45, 7) is 6.56. The van der Waals surface area contributed by atoms with E-state index in [-0.39, 0.29) is 0 Å². The van der Waals surface area contributed by atoms with Crippen molar-refractivity contribution in [2.24, 2.45) is 17.8 Å². The molecule has 1 aliphatic rings. The molecule has 2 nitrogen and oxygen atoms in total. The first-order valence-corrected chi connectivity index (χ1v) is 7.30. The number of hydrogen-bond acceptors (Lipinski definition) is 2. The molecule has 0 saturated heterocycles. The van der Waals surface area contributed by atoms with Crippen LogP contribution in [0.4, 0.5) is 0 Å². The zero-order valence-electron chi connectivity index (χ0n) is 12.5. The first kappa shape index (κ1) is 14.4. The van der Waals surface area contributed by atoms with E-state index in [1.165, 1.54) is 6.42 Å². The van der Waals surface area contributed by atoms with Gasteiger partial charge in [0.2, 0.25) is 0 Å². The van der Waals surface area contributed by atoms with Gasteiger partial charge in [0, 0.05) is 0 Å². The average Bonchev–Trinajstić information content (AvgIpc) is 2.37. The molecule has 1 saturated carbocycles. The Morgan fingerprint density at radius 3 is 2.05 bits per heavy atom. The molecule has 3 unspecified atom stereocenters. The van der Waals surface area contributed by atoms with Gasteiger partial charge < -0.3 is 9.84 Å². The van der Waals surface area contributed by atoms with Crippen molar-refractivity contribution in [1.82, 2.24) is 0 Å². The van der Waals surface area contributed by atoms with Crippen LogP contribution in [0.25, 0.3) is 0 Å². The van der Waals surface area contributed by atoms with Gasteiger partial charge in [-0.1, -0.05) is 26.0 Å². The fourth-order valence-corrected chi connectivity index (χ4v) is 3.57. The Morgan fingerprint density at radius 1 is 1.05 bits per heavy atom. The second kappa shape index (κ2) is 5.54. The van der Waals surface area contributed by atoms with E-state index in [9.17, 15) is 5.11 Å². The smallest absolute Gasteiger partial charge is 0.118 e. The van der Waals surface area contributed by atoms with Gasteiger partial charge in [-0.15, -0.1) is 0 Å². The van der Waals surface area contributed by atoms with Crippen LogP contribution in [0.5, 0.6) is 5.75 Å². The molecule has 1 aromatic rings. The molecule has 0 aromatic heterocycles. The van der Waals surface area contributed by atoms with Crippen LogP contribution in [0, 0.1) is 17.8 Å². The van der Waals surface area contributed by atoms with E-state index in [0.717, 1.165) is 24.2 Å². The van der Waals surface area contributed by atoms with Gasteiger partial charge in [-0.3, -0.25) is 0 Å². The summed E-state index contributed by atoms with van der Waals surface area (Å²) in [6, 6.07) is 7.84. The lowest BCUT2D eigenvalue weighted by Gasteiger charge is -2.40. The van der Waals surface area contributed by atoms with Gasteiger partial charge in [0.25, 0.3) is 0 Å². The number of benzene rings is 1. The van der Waals surface area contributed by atoms with Gasteiger partial charge in [0.1, 0.15) is 5.75 Å². The maximum absolute atomic E-state index is 11.0. The highest BCUT2D eigenvalue weighted by Gasteiger charge is 2.38. The molecule has 0 bridgehead atoms. The highest BCUT2D eigenvalue weighted by atomic mass is 16.5. The van der Waals surface area contributed by atoms with Crippen molar-refractivity contribution in [3.63, 3.8) is 0 Å². The summed E-state index contributed by atoms with van der Waals surface area (Å²) in [7, 11) is 1.66. The van der Waals surface area contributed by atoms with E-state index >= 15 is 0 Å². The second-order valence-electron chi connectivity index (χ2n) is 6.49. The van der Waals surface area contributed by atoms with Crippen molar-refractivity contribution in [3.8, 4) is 5.75 Å². The molecular formula is C17H26O2. The first-order valence-electron chi connectivity index (χ1n) is 7.30. The molecule has 1 aliphatic carbocycles. The predicted molar refractivity (Wildman–Crippen MR) is 78.2 cm³/mol. The third-order valence-corrected chi connectivity index (χ3v) is 4.65. The Kier molecular flexibility index (Phi) is 4.19. The van der Waals surface area contributed by atoms with Crippen LogP contribution in [0.3, 0.4) is 0 Å². The fourth-order valence-electron chi connectivity index (χ4n) is 3.57. The summed E-state index contributed by atoms with van der Waals surface area (Å²) in [6.07, 6.45) is 3.52. The third-order valence-electron chi connectivity index (χ3n) is 4.65. The predicted octanol–water partition coefficient (Wildman–Crippen LogP) is 3.98. The van der Waals surface area contributed by atoms with Crippen LogP contribution < -0.4 is 4.74 Å². The van der Waals surface area contributed by atoms with Crippen LogP contribution in [0.1, 0.15) is 45.6 Å². The van der Waals surface area contributed by atoms with E-state index in [1.807, 2.05) is 31.2 Å². The Labute approximate surface area is 116 Å². The molecule has 0 heterocycles. The van der Waals surface area contributed by atoms with E-state index in [2.05, 4.69) is 13.8 Å². The molecule has 1 fully saturated rings. The van der Waals surface area contributed by atoms with Crippen molar-refractivity contribution in [1.29, 1.82) is 0 Å². The van der Waals surface area contributed by atoms with Crippen molar-refractivity contribution in [2.45, 2.75) is 45.6 Å². The highest BCUT2D eigenvalue weighted by Crippen LogP contribution is 2.43. The minimum absolute atomic E-state index is 0.347. The maximum atomic E-state index is 11.0. The van der Waals surface area contributed by atoms with Crippen molar-refractivity contribution >= 4 is 0 Å². The molecule has 0 aliphatic heterocycles. The minimum atomic E-state index is -0.741. The molecule has 1 aromatic carbocycles. The molecule has 3 atom stereocenters. The quantitative estimate of drug-likeness (QED) is 0.893. The monoisotopic (exact) mass is 262 g/mol. The van der Waals surface area contributed by atoms with Crippen LogP contribution in [0.15, 0.2) is 24.3 Å². The lowest BCUT2D eigenvalue weighted by Crippen LogP contribution is -2.37. The molecule has 1 N–H and O–H groups in total. The van der Waals surface area contributed by atoms with Crippen molar-refractivity contribution in [2.75, 3.05) is 7.11 Å². The Morgan fingerprint density at radius 2 is 1.58 bits per heavy atom. The summed E-state index contributed by atoms with van der Waals surface area (Å²) < 4.78 is 5.18. The second-order valence-corrected chi connectivity index (χ2v) is 6.49. The molecule has 19 heavy (non-hydrogen) atoms. The zero-order chi connectivity index (χ0) is 14.0. The molecule has 2 rings (SSSR count). The standard InChI is InChI=1S/C17H26O2/c1-12-9-13(2)11-15(10-12)17(3,18)14-5-7-16(19-4)8-6-14/h5-8,12-13,15,18H,9-11H2,1-4H3. The first-order chi connectivity index (χ1) is 8.93. The lowest BCUT2D eigenvalue weighted by molar-refractivity contribution is -0.0387. The van der Waals surface area contributed by atoms with Gasteiger partial charge in [0.15, 0.2) is 0 Å². The Balaban J connectivity index is 2.19. The van der Waals surface area contributed by atoms with E-state index < -0.39 is 5.60 Å². The Hall–Kier alpha value is -1.02. The van der Waals surface area contributed by atoms with Gasteiger partial charge >= 0.3 is 0 Å². The summed E-state index contributed by atoms with van der Waals surface area (Å²) >= 11 is 0. The highest BCUT2D eigenvalue weighted by molar-refractivity contribution is 5.31. The van der Waals surface area contributed by atoms with E-state index in [4.69, 9.17) is 4.74 Å². The topological polar surface area (TPSA) is 29.5 Å². The van der Waals surface area contributed by atoms with E-state index in [1.54, 1.807) is 7.11 Å². The summed E-state index contributed by atoms with van der Waals surface area (Å²) in [5.41, 5.74) is 0.259. The average molecular weight is 262 g/mol. The number of ether oxygens (including phenoxy) is 1. The largest absolute Gasteiger partial charge is 0.497 e. The summed E-state index contributed by atoms with van der Waals surface area (Å²) in [5, 5.41) is 11.0. The van der Waals surface area contributed by atoms with Gasteiger partial charge in [-0.2, -0.15) is 0 Å². The van der Waals surface area contributed by atoms with Crippen molar-refractivity contribution < 1.29 is 9.84 Å². The zero-order valence-corrected chi connectivity index (χ0v) is 12.5. The van der Waals surface area contributed by atoms with E-state index in [0.29, 0.717) is 17.8 Å². The SMILES string of the molecule is COc1ccc(C(C)(O)C2CC(C)CC(C)C2)cc1. The van der Waals surface area contributed by atoms with Gasteiger partial charge in [-0.05, 0) is 61.6 Å². The van der Waals surface area contributed by atoms with Crippen LogP contribution >= 0.6 is 0 Å². The molecule has 106 valence electrons. The van der Waals surface area contributed by atoms with Crippen molar-refractivity contribution in [3.05, 3.63) is 29.8 Å². The Bertz CT molecular complexity index is 398. The lowest BCUT2D eigenvalue weighted by atomic mass is 9.68. The number of aliphatic hydroxyl groups is 1. The fraction of sp³-hybridized carbons (Fsp3) is 0.647. The number of rotatable bonds is 3. The molecule has 0 amide bonds. The van der Waals surface area contributed by atoms with Gasteiger partial charge in [0.05, 0.1) is 12.7 Å². The minimum Gasteiger partial charge on any atom is -0.497 e. The summed E-state index contributed by atoms with van der Waals surface area (Å²) in [5.74, 6) is 2.60. The molecule has 0 spiro atoms. The van der Waals surface area contributed by atoms with Crippen LogP contribution in [0.2, 0.25) is 0 Å². The molecule has 0 radical (unpaired) electrons. The number of hydrogen-bond donors (Lipinski definition) is 1. The third kappa shape index (κ3) is 3.11. The number of methoxy groups -OCH3 is 1. The van der Waals surface area contributed by atoms with Gasteiger partial charge in [-0.25, -0.2) is 0 Å². The summed E-state index contributed by atoms with van der Waals surface area (Å²) in [4.78, 5) is 0. The van der Waals surface area contributed by atoms with Crippen LogP contribution in [-0.4, -0.2) is 12.2 Å². The molecular weight excluding hydrogens is 236 g/mol. The maximum Gasteiger partial charge on any atom is 0.118 e.